The molecule has 2 fully saturated rings. The van der Waals surface area contributed by atoms with Gasteiger partial charge in [-0.2, -0.15) is 0 Å². The quantitative estimate of drug-likeness (QED) is 0.483. The van der Waals surface area contributed by atoms with Crippen LogP contribution in [0.15, 0.2) is 65.1 Å². The molecular weight excluding hydrogens is 464 g/mol. The van der Waals surface area contributed by atoms with Gasteiger partial charge in [-0.15, -0.1) is 0 Å². The van der Waals surface area contributed by atoms with Crippen molar-refractivity contribution in [2.24, 2.45) is 5.92 Å². The molecule has 1 aliphatic carbocycles. The monoisotopic (exact) mass is 494 g/mol. The second-order valence-electron chi connectivity index (χ2n) is 8.89. The van der Waals surface area contributed by atoms with Crippen molar-refractivity contribution in [2.75, 3.05) is 32.7 Å². The van der Waals surface area contributed by atoms with Gasteiger partial charge in [0, 0.05) is 56.0 Å². The molecule has 168 valence electrons. The van der Waals surface area contributed by atoms with E-state index in [-0.39, 0.29) is 17.7 Å². The lowest BCUT2D eigenvalue weighted by Crippen LogP contribution is -2.48. The van der Waals surface area contributed by atoms with E-state index in [0.29, 0.717) is 18.6 Å². The van der Waals surface area contributed by atoms with Gasteiger partial charge in [0.15, 0.2) is 0 Å². The van der Waals surface area contributed by atoms with E-state index in [9.17, 15) is 9.59 Å². The third kappa shape index (κ3) is 6.63. The summed E-state index contributed by atoms with van der Waals surface area (Å²) in [5.74, 6) is 0.688. The van der Waals surface area contributed by atoms with Gasteiger partial charge in [-0.1, -0.05) is 70.5 Å². The van der Waals surface area contributed by atoms with Gasteiger partial charge in [0.2, 0.25) is 5.91 Å². The van der Waals surface area contributed by atoms with Crippen molar-refractivity contribution < 1.29 is 9.59 Å². The SMILES string of the molecule is O=C(CC(CC(=O)N1CCN(C/C=C/c2ccccc2)CC1)c1ccc(Br)cc1)C1CC1. The van der Waals surface area contributed by atoms with Crippen LogP contribution in [-0.2, 0) is 9.59 Å². The second kappa shape index (κ2) is 11.1. The zero-order valence-electron chi connectivity index (χ0n) is 18.5. The highest BCUT2D eigenvalue weighted by molar-refractivity contribution is 9.10. The van der Waals surface area contributed by atoms with Gasteiger partial charge < -0.3 is 4.90 Å². The van der Waals surface area contributed by atoms with Crippen molar-refractivity contribution in [1.29, 1.82) is 0 Å². The van der Waals surface area contributed by atoms with Crippen molar-refractivity contribution in [2.45, 2.75) is 31.6 Å². The Kier molecular flexibility index (Phi) is 7.93. The molecule has 1 aliphatic heterocycles. The van der Waals surface area contributed by atoms with Crippen LogP contribution in [0.3, 0.4) is 0 Å². The number of nitrogens with zero attached hydrogens (tertiary/aromatic N) is 2. The first-order valence-electron chi connectivity index (χ1n) is 11.6. The Morgan fingerprint density at radius 2 is 1.62 bits per heavy atom. The zero-order valence-corrected chi connectivity index (χ0v) is 20.0. The summed E-state index contributed by atoms with van der Waals surface area (Å²) in [6, 6.07) is 18.4. The summed E-state index contributed by atoms with van der Waals surface area (Å²) >= 11 is 3.48. The lowest BCUT2D eigenvalue weighted by atomic mass is 9.89. The van der Waals surface area contributed by atoms with Gasteiger partial charge in [0.1, 0.15) is 5.78 Å². The summed E-state index contributed by atoms with van der Waals surface area (Å²) in [5.41, 5.74) is 2.29. The number of amides is 1. The van der Waals surface area contributed by atoms with Crippen LogP contribution in [0.1, 0.15) is 42.7 Å². The van der Waals surface area contributed by atoms with Crippen molar-refractivity contribution >= 4 is 33.7 Å². The van der Waals surface area contributed by atoms with E-state index in [1.807, 2.05) is 47.4 Å². The molecule has 1 saturated heterocycles. The lowest BCUT2D eigenvalue weighted by Gasteiger charge is -2.35. The van der Waals surface area contributed by atoms with Crippen molar-refractivity contribution in [3.05, 3.63) is 76.3 Å². The number of Topliss-reactive ketones (excluding diaryl/α,β-unsaturated/α-hetero) is 1. The van der Waals surface area contributed by atoms with Gasteiger partial charge in [-0.3, -0.25) is 14.5 Å². The largest absolute Gasteiger partial charge is 0.340 e. The smallest absolute Gasteiger partial charge is 0.223 e. The van der Waals surface area contributed by atoms with Crippen molar-refractivity contribution in [3.8, 4) is 0 Å². The first-order valence-corrected chi connectivity index (χ1v) is 12.4. The maximum Gasteiger partial charge on any atom is 0.223 e. The van der Waals surface area contributed by atoms with Crippen molar-refractivity contribution in [3.63, 3.8) is 0 Å². The molecule has 2 aromatic carbocycles. The fraction of sp³-hybridized carbons (Fsp3) is 0.407. The number of carbonyl (C=O) groups is 2. The first kappa shape index (κ1) is 22.9. The minimum atomic E-state index is -0.0319. The molecule has 4 nitrogen and oxygen atoms in total. The van der Waals surface area contributed by atoms with Crippen LogP contribution in [0.4, 0.5) is 0 Å². The number of carbonyl (C=O) groups excluding carboxylic acids is 2. The Hall–Kier alpha value is -2.24. The topological polar surface area (TPSA) is 40.6 Å². The molecular formula is C27H31BrN2O2. The van der Waals surface area contributed by atoms with E-state index in [4.69, 9.17) is 0 Å². The molecule has 0 radical (unpaired) electrons. The first-order chi connectivity index (χ1) is 15.6. The molecule has 0 spiro atoms. The molecule has 1 saturated carbocycles. The summed E-state index contributed by atoms with van der Waals surface area (Å²) in [4.78, 5) is 30.0. The minimum Gasteiger partial charge on any atom is -0.340 e. The Labute approximate surface area is 199 Å². The Morgan fingerprint density at radius 1 is 0.938 bits per heavy atom. The van der Waals surface area contributed by atoms with E-state index in [1.54, 1.807) is 0 Å². The van der Waals surface area contributed by atoms with E-state index in [0.717, 1.165) is 55.6 Å². The number of ketones is 1. The van der Waals surface area contributed by atoms with Crippen LogP contribution in [0.2, 0.25) is 0 Å². The summed E-state index contributed by atoms with van der Waals surface area (Å²) in [6.45, 7) is 4.17. The minimum absolute atomic E-state index is 0.0319. The average molecular weight is 495 g/mol. The number of hydrogen-bond donors (Lipinski definition) is 0. The highest BCUT2D eigenvalue weighted by Gasteiger charge is 2.32. The normalized spacial score (nSPS) is 18.1. The second-order valence-corrected chi connectivity index (χ2v) is 9.81. The lowest BCUT2D eigenvalue weighted by molar-refractivity contribution is -0.133. The molecule has 32 heavy (non-hydrogen) atoms. The van der Waals surface area contributed by atoms with E-state index < -0.39 is 0 Å². The van der Waals surface area contributed by atoms with Crippen LogP contribution in [0.5, 0.6) is 0 Å². The molecule has 4 rings (SSSR count). The molecule has 1 atom stereocenters. The summed E-state index contributed by atoms with van der Waals surface area (Å²) in [5, 5.41) is 0. The Balaban J connectivity index is 1.29. The Bertz CT molecular complexity index is 930. The van der Waals surface area contributed by atoms with Gasteiger partial charge in [-0.25, -0.2) is 0 Å². The highest BCUT2D eigenvalue weighted by atomic mass is 79.9. The predicted octanol–water partition coefficient (Wildman–Crippen LogP) is 5.15. The van der Waals surface area contributed by atoms with Crippen LogP contribution in [0.25, 0.3) is 6.08 Å². The molecule has 0 aromatic heterocycles. The number of hydrogen-bond acceptors (Lipinski definition) is 3. The third-order valence-electron chi connectivity index (χ3n) is 6.44. The molecule has 1 heterocycles. The zero-order chi connectivity index (χ0) is 22.3. The van der Waals surface area contributed by atoms with E-state index in [1.165, 1.54) is 5.56 Å². The maximum atomic E-state index is 13.1. The van der Waals surface area contributed by atoms with Crippen LogP contribution in [-0.4, -0.2) is 54.2 Å². The summed E-state index contributed by atoms with van der Waals surface area (Å²) in [7, 11) is 0. The van der Waals surface area contributed by atoms with Crippen molar-refractivity contribution in [1.82, 2.24) is 9.80 Å². The number of rotatable bonds is 9. The molecule has 2 aliphatic rings. The maximum absolute atomic E-state index is 13.1. The average Bonchev–Trinajstić information content (AvgIpc) is 3.66. The van der Waals surface area contributed by atoms with Gasteiger partial charge in [0.25, 0.3) is 0 Å². The molecule has 5 heteroatoms. The fourth-order valence-electron chi connectivity index (χ4n) is 4.28. The third-order valence-corrected chi connectivity index (χ3v) is 6.97. The van der Waals surface area contributed by atoms with Crippen LogP contribution in [0, 0.1) is 5.92 Å². The summed E-state index contributed by atoms with van der Waals surface area (Å²) < 4.78 is 1.01. The van der Waals surface area contributed by atoms with Gasteiger partial charge in [-0.05, 0) is 42.0 Å². The standard InChI is InChI=1S/C27H31BrN2O2/c28-25-12-10-22(11-13-25)24(19-26(31)23-8-9-23)20-27(32)30-17-15-29(16-18-30)14-4-7-21-5-2-1-3-6-21/h1-7,10-13,23-24H,8-9,14-20H2/b7-4+. The fourth-order valence-corrected chi connectivity index (χ4v) is 4.54. The molecule has 1 amide bonds. The molecule has 0 bridgehead atoms. The van der Waals surface area contributed by atoms with Gasteiger partial charge >= 0.3 is 0 Å². The van der Waals surface area contributed by atoms with E-state index >= 15 is 0 Å². The van der Waals surface area contributed by atoms with Crippen LogP contribution >= 0.6 is 15.9 Å². The van der Waals surface area contributed by atoms with Gasteiger partial charge in [0.05, 0.1) is 0 Å². The molecule has 0 N–H and O–H groups in total. The van der Waals surface area contributed by atoms with E-state index in [2.05, 4.69) is 45.1 Å². The number of piperazine rings is 1. The number of halogens is 1. The number of benzene rings is 2. The predicted molar refractivity (Wildman–Crippen MR) is 132 cm³/mol. The highest BCUT2D eigenvalue weighted by Crippen LogP contribution is 2.35. The molecule has 1 unspecified atom stereocenters. The summed E-state index contributed by atoms with van der Waals surface area (Å²) in [6.07, 6.45) is 7.26. The van der Waals surface area contributed by atoms with Crippen LogP contribution < -0.4 is 0 Å². The molecule has 2 aromatic rings. The Morgan fingerprint density at radius 3 is 2.28 bits per heavy atom.